The van der Waals surface area contributed by atoms with E-state index in [9.17, 15) is 28.1 Å². The molecule has 0 aliphatic heterocycles. The number of hydrazone groups is 1. The maximum atomic E-state index is 12.7. The minimum atomic E-state index is -4.31. The molecule has 0 unspecified atom stereocenters. The van der Waals surface area contributed by atoms with Crippen LogP contribution in [0.3, 0.4) is 0 Å². The van der Waals surface area contributed by atoms with Crippen molar-refractivity contribution in [1.82, 2.24) is 5.43 Å². The highest BCUT2D eigenvalue weighted by molar-refractivity contribution is 7.87. The lowest BCUT2D eigenvalue weighted by atomic mass is 10.2. The minimum absolute atomic E-state index is 0.0287. The van der Waals surface area contributed by atoms with Gasteiger partial charge in [0.25, 0.3) is 11.6 Å². The van der Waals surface area contributed by atoms with E-state index in [1.807, 2.05) is 0 Å². The molecule has 37 heavy (non-hydrogen) atoms. The number of nitrogens with zero attached hydrogens (tertiary/aromatic N) is 2. The molecule has 0 fully saturated rings. The fourth-order valence-electron chi connectivity index (χ4n) is 2.95. The molecular formula is C23H19ClN4O8S. The first-order valence-corrected chi connectivity index (χ1v) is 12.1. The van der Waals surface area contributed by atoms with E-state index in [0.717, 1.165) is 6.07 Å². The summed E-state index contributed by atoms with van der Waals surface area (Å²) in [6.45, 7) is 1.32. The van der Waals surface area contributed by atoms with Gasteiger partial charge in [-0.05, 0) is 48.0 Å². The van der Waals surface area contributed by atoms with Gasteiger partial charge >= 0.3 is 10.1 Å². The van der Waals surface area contributed by atoms with Gasteiger partial charge in [0.05, 0.1) is 23.3 Å². The number of nitrogens with one attached hydrogen (secondary N) is 2. The summed E-state index contributed by atoms with van der Waals surface area (Å²) in [5.74, 6) is -1.30. The average Bonchev–Trinajstić information content (AvgIpc) is 2.85. The van der Waals surface area contributed by atoms with Crippen LogP contribution in [0.15, 0.2) is 70.7 Å². The maximum absolute atomic E-state index is 12.7. The Kier molecular flexibility index (Phi) is 8.42. The Bertz CT molecular complexity index is 1490. The molecule has 3 rings (SSSR count). The van der Waals surface area contributed by atoms with E-state index < -0.39 is 20.9 Å². The van der Waals surface area contributed by atoms with Crippen molar-refractivity contribution < 1.29 is 31.9 Å². The molecule has 0 bridgehead atoms. The summed E-state index contributed by atoms with van der Waals surface area (Å²) in [5, 5.41) is 17.1. The van der Waals surface area contributed by atoms with Crippen LogP contribution >= 0.6 is 11.6 Å². The Morgan fingerprint density at radius 3 is 2.43 bits per heavy atom. The second kappa shape index (κ2) is 11.5. The minimum Gasteiger partial charge on any atom is -0.493 e. The van der Waals surface area contributed by atoms with Gasteiger partial charge in [-0.15, -0.1) is 0 Å². The number of ether oxygens (including phenoxy) is 1. The molecule has 0 aliphatic rings. The fourth-order valence-corrected chi connectivity index (χ4v) is 4.21. The van der Waals surface area contributed by atoms with Crippen molar-refractivity contribution in [3.05, 3.63) is 86.9 Å². The molecule has 0 heterocycles. The van der Waals surface area contributed by atoms with Crippen molar-refractivity contribution in [2.75, 3.05) is 12.4 Å². The molecule has 12 nitrogen and oxygen atoms in total. The number of carbonyl (C=O) groups is 2. The molecule has 3 aromatic rings. The lowest BCUT2D eigenvalue weighted by Gasteiger charge is -2.13. The van der Waals surface area contributed by atoms with E-state index in [1.54, 1.807) is 0 Å². The van der Waals surface area contributed by atoms with E-state index >= 15 is 0 Å². The normalized spacial score (nSPS) is 11.1. The van der Waals surface area contributed by atoms with Crippen molar-refractivity contribution in [2.45, 2.75) is 11.8 Å². The highest BCUT2D eigenvalue weighted by atomic mass is 35.5. The summed E-state index contributed by atoms with van der Waals surface area (Å²) in [5.41, 5.74) is 2.74. The number of non-ortho nitro benzene ring substituents is 1. The van der Waals surface area contributed by atoms with Crippen molar-refractivity contribution in [3.63, 3.8) is 0 Å². The molecule has 14 heteroatoms. The van der Waals surface area contributed by atoms with Gasteiger partial charge < -0.3 is 14.2 Å². The quantitative estimate of drug-likeness (QED) is 0.177. The van der Waals surface area contributed by atoms with Gasteiger partial charge in [-0.25, -0.2) is 5.43 Å². The number of hydrogen-bond donors (Lipinski definition) is 2. The predicted octanol–water partition coefficient (Wildman–Crippen LogP) is 3.75. The summed E-state index contributed by atoms with van der Waals surface area (Å²) in [6, 6.07) is 13.1. The van der Waals surface area contributed by atoms with Gasteiger partial charge in [0.15, 0.2) is 5.75 Å². The van der Waals surface area contributed by atoms with Gasteiger partial charge in [0, 0.05) is 30.3 Å². The highest BCUT2D eigenvalue weighted by Gasteiger charge is 2.22. The van der Waals surface area contributed by atoms with E-state index in [-0.39, 0.29) is 38.6 Å². The Morgan fingerprint density at radius 2 is 1.81 bits per heavy atom. The number of methoxy groups -OCH3 is 1. The molecule has 0 aromatic heterocycles. The molecule has 0 saturated carbocycles. The Labute approximate surface area is 216 Å². The summed E-state index contributed by atoms with van der Waals surface area (Å²) in [6.07, 6.45) is 1.21. The van der Waals surface area contributed by atoms with Crippen LogP contribution in [0.2, 0.25) is 5.02 Å². The molecule has 3 aromatic carbocycles. The zero-order valence-electron chi connectivity index (χ0n) is 19.3. The van der Waals surface area contributed by atoms with E-state index in [0.29, 0.717) is 11.3 Å². The Balaban J connectivity index is 1.76. The second-order valence-corrected chi connectivity index (χ2v) is 9.24. The predicted molar refractivity (Wildman–Crippen MR) is 135 cm³/mol. The van der Waals surface area contributed by atoms with Crippen molar-refractivity contribution >= 4 is 51.1 Å². The third-order valence-corrected chi connectivity index (χ3v) is 6.12. The number of anilines is 1. The summed E-state index contributed by atoms with van der Waals surface area (Å²) < 4.78 is 35.9. The number of amides is 2. The lowest BCUT2D eigenvalue weighted by molar-refractivity contribution is -0.384. The van der Waals surface area contributed by atoms with Crippen LogP contribution in [-0.2, 0) is 14.9 Å². The van der Waals surface area contributed by atoms with Crippen LogP contribution in [-0.4, -0.2) is 38.5 Å². The molecule has 0 saturated heterocycles. The topological polar surface area (TPSA) is 166 Å². The molecule has 0 aliphatic carbocycles. The average molecular weight is 547 g/mol. The third kappa shape index (κ3) is 7.02. The molecule has 2 N–H and O–H groups in total. The number of nitro benzene ring substituents is 1. The van der Waals surface area contributed by atoms with Crippen molar-refractivity contribution in [3.8, 4) is 11.5 Å². The SMILES string of the molecule is COc1cc(/C=N\NC(=O)c2cccc([N+](=O)[O-])c2)cc(Cl)c1OS(=O)(=O)c1ccc(NC(C)=O)cc1. The van der Waals surface area contributed by atoms with Crippen LogP contribution < -0.4 is 19.7 Å². The van der Waals surface area contributed by atoms with E-state index in [1.165, 1.54) is 74.8 Å². The number of halogens is 1. The van der Waals surface area contributed by atoms with Crippen molar-refractivity contribution in [1.29, 1.82) is 0 Å². The van der Waals surface area contributed by atoms with Crippen molar-refractivity contribution in [2.24, 2.45) is 5.10 Å². The molecule has 2 amide bonds. The van der Waals surface area contributed by atoms with Crippen LogP contribution in [0.4, 0.5) is 11.4 Å². The van der Waals surface area contributed by atoms with Gasteiger partial charge in [0.2, 0.25) is 11.7 Å². The lowest BCUT2D eigenvalue weighted by Crippen LogP contribution is -2.17. The monoisotopic (exact) mass is 546 g/mol. The van der Waals surface area contributed by atoms with Gasteiger partial charge in [-0.2, -0.15) is 13.5 Å². The number of benzene rings is 3. The third-order valence-electron chi connectivity index (χ3n) is 4.61. The zero-order chi connectivity index (χ0) is 27.2. The molecule has 0 spiro atoms. The summed E-state index contributed by atoms with van der Waals surface area (Å²) in [4.78, 5) is 33.4. The number of hydrogen-bond acceptors (Lipinski definition) is 9. The van der Waals surface area contributed by atoms with Gasteiger partial charge in [-0.1, -0.05) is 17.7 Å². The van der Waals surface area contributed by atoms with Gasteiger partial charge in [-0.3, -0.25) is 19.7 Å². The Morgan fingerprint density at radius 1 is 1.11 bits per heavy atom. The van der Waals surface area contributed by atoms with Crippen LogP contribution in [0, 0.1) is 10.1 Å². The fraction of sp³-hybridized carbons (Fsp3) is 0.0870. The highest BCUT2D eigenvalue weighted by Crippen LogP contribution is 2.38. The van der Waals surface area contributed by atoms with E-state index in [2.05, 4.69) is 15.8 Å². The maximum Gasteiger partial charge on any atom is 0.339 e. The Hall–Kier alpha value is -4.49. The van der Waals surface area contributed by atoms with E-state index in [4.69, 9.17) is 20.5 Å². The number of nitro groups is 1. The van der Waals surface area contributed by atoms with Crippen LogP contribution in [0.1, 0.15) is 22.8 Å². The second-order valence-electron chi connectivity index (χ2n) is 7.28. The standard InChI is InChI=1S/C23H19ClN4O8S/c1-14(29)26-17-6-8-19(9-7-17)37(33,34)36-22-20(24)10-15(11-21(22)35-2)13-25-27-23(30)16-4-3-5-18(12-16)28(31)32/h3-13H,1-2H3,(H,26,29)(H,27,30)/b25-13-. The largest absolute Gasteiger partial charge is 0.493 e. The molecular weight excluding hydrogens is 528 g/mol. The summed E-state index contributed by atoms with van der Waals surface area (Å²) in [7, 11) is -3.03. The smallest absolute Gasteiger partial charge is 0.339 e. The molecule has 192 valence electrons. The zero-order valence-corrected chi connectivity index (χ0v) is 20.9. The van der Waals surface area contributed by atoms with Gasteiger partial charge in [0.1, 0.15) is 4.90 Å². The number of carbonyl (C=O) groups excluding carboxylic acids is 2. The van der Waals surface area contributed by atoms with Crippen LogP contribution in [0.5, 0.6) is 11.5 Å². The molecule has 0 atom stereocenters. The summed E-state index contributed by atoms with van der Waals surface area (Å²) >= 11 is 6.24. The first kappa shape index (κ1) is 27.1. The van der Waals surface area contributed by atoms with Crippen LogP contribution in [0.25, 0.3) is 0 Å². The first-order chi connectivity index (χ1) is 17.5. The first-order valence-electron chi connectivity index (χ1n) is 10.3. The number of rotatable bonds is 9. The molecule has 0 radical (unpaired) electrons.